The lowest BCUT2D eigenvalue weighted by Gasteiger charge is -2.06. The van der Waals surface area contributed by atoms with Crippen LogP contribution in [0.5, 0.6) is 0 Å². The summed E-state index contributed by atoms with van der Waals surface area (Å²) in [6.45, 7) is 0. The van der Waals surface area contributed by atoms with Crippen molar-refractivity contribution in [3.63, 3.8) is 0 Å². The van der Waals surface area contributed by atoms with E-state index in [1.165, 1.54) is 11.8 Å². The van der Waals surface area contributed by atoms with Crippen LogP contribution >= 0.6 is 23.4 Å². The van der Waals surface area contributed by atoms with Gasteiger partial charge in [-0.05, 0) is 11.6 Å². The van der Waals surface area contributed by atoms with E-state index in [1.807, 2.05) is 6.07 Å². The van der Waals surface area contributed by atoms with E-state index in [-0.39, 0.29) is 5.84 Å². The number of amidine groups is 1. The highest BCUT2D eigenvalue weighted by Crippen LogP contribution is 2.25. The smallest absolute Gasteiger partial charge is 0.170 e. The van der Waals surface area contributed by atoms with Gasteiger partial charge in [0.2, 0.25) is 0 Å². The van der Waals surface area contributed by atoms with E-state index in [9.17, 15) is 0 Å². The van der Waals surface area contributed by atoms with Crippen molar-refractivity contribution in [2.45, 2.75) is 10.8 Å². The Balaban J connectivity index is 2.10. The number of hydrogen-bond donors (Lipinski definition) is 2. The highest BCUT2D eigenvalue weighted by atomic mass is 35.5. The molecule has 5 nitrogen and oxygen atoms in total. The van der Waals surface area contributed by atoms with E-state index in [4.69, 9.17) is 22.5 Å². The van der Waals surface area contributed by atoms with Crippen molar-refractivity contribution in [1.82, 2.24) is 9.97 Å². The maximum atomic E-state index is 8.60. The predicted molar refractivity (Wildman–Crippen MR) is 75.6 cm³/mol. The molecule has 0 aliphatic heterocycles. The Labute approximate surface area is 119 Å². The van der Waals surface area contributed by atoms with Gasteiger partial charge in [-0.1, -0.05) is 28.9 Å². The standard InChI is InChI=1S/C12H11ClN4OS/c13-10-5-8(12(14)17-18)1-2-9(10)7-19-11-6-15-3-4-16-11/h1-6,18H,7H2,(H2,14,17). The normalized spacial score (nSPS) is 11.5. The second-order valence-corrected chi connectivity index (χ2v) is 5.03. The van der Waals surface area contributed by atoms with Gasteiger partial charge in [0.15, 0.2) is 5.84 Å². The largest absolute Gasteiger partial charge is 0.409 e. The number of thioether (sulfide) groups is 1. The van der Waals surface area contributed by atoms with Crippen molar-refractivity contribution in [2.24, 2.45) is 10.9 Å². The maximum absolute atomic E-state index is 8.60. The SMILES string of the molecule is N/C(=N/O)c1ccc(CSc2cnccn2)c(Cl)c1. The molecule has 0 aliphatic carbocycles. The van der Waals surface area contributed by atoms with E-state index in [0.717, 1.165) is 10.6 Å². The van der Waals surface area contributed by atoms with Gasteiger partial charge >= 0.3 is 0 Å². The summed E-state index contributed by atoms with van der Waals surface area (Å²) < 4.78 is 0. The van der Waals surface area contributed by atoms with Crippen molar-refractivity contribution >= 4 is 29.2 Å². The molecule has 3 N–H and O–H groups in total. The van der Waals surface area contributed by atoms with Gasteiger partial charge in [-0.3, -0.25) is 4.98 Å². The molecule has 7 heteroatoms. The van der Waals surface area contributed by atoms with Crippen molar-refractivity contribution in [3.05, 3.63) is 52.9 Å². The molecule has 1 aromatic carbocycles. The van der Waals surface area contributed by atoms with Crippen LogP contribution < -0.4 is 5.73 Å². The fraction of sp³-hybridized carbons (Fsp3) is 0.0833. The number of nitrogens with zero attached hydrogens (tertiary/aromatic N) is 3. The van der Waals surface area contributed by atoms with Gasteiger partial charge in [-0.15, -0.1) is 11.8 Å². The molecule has 0 unspecified atom stereocenters. The summed E-state index contributed by atoms with van der Waals surface area (Å²) in [4.78, 5) is 8.16. The zero-order valence-electron chi connectivity index (χ0n) is 9.82. The zero-order valence-corrected chi connectivity index (χ0v) is 11.4. The number of nitrogens with two attached hydrogens (primary N) is 1. The molecule has 0 amide bonds. The van der Waals surface area contributed by atoms with Crippen LogP contribution in [0.25, 0.3) is 0 Å². The number of hydrogen-bond acceptors (Lipinski definition) is 5. The molecule has 2 aromatic rings. The van der Waals surface area contributed by atoms with Crippen LogP contribution in [0.2, 0.25) is 5.02 Å². The summed E-state index contributed by atoms with van der Waals surface area (Å²) in [5.74, 6) is 0.712. The summed E-state index contributed by atoms with van der Waals surface area (Å²) in [7, 11) is 0. The number of aromatic nitrogens is 2. The molecule has 0 radical (unpaired) electrons. The van der Waals surface area contributed by atoms with Gasteiger partial charge in [0.1, 0.15) is 5.03 Å². The lowest BCUT2D eigenvalue weighted by atomic mass is 10.1. The topological polar surface area (TPSA) is 84.4 Å². The molecular formula is C12H11ClN4OS. The first kappa shape index (κ1) is 13.6. The second kappa shape index (κ2) is 6.40. The lowest BCUT2D eigenvalue weighted by molar-refractivity contribution is 0.318. The van der Waals surface area contributed by atoms with Gasteiger partial charge in [0, 0.05) is 28.7 Å². The van der Waals surface area contributed by atoms with Crippen LogP contribution in [0.1, 0.15) is 11.1 Å². The van der Waals surface area contributed by atoms with Crippen LogP contribution in [-0.2, 0) is 5.75 Å². The number of halogens is 1. The van der Waals surface area contributed by atoms with Gasteiger partial charge < -0.3 is 10.9 Å². The summed E-state index contributed by atoms with van der Waals surface area (Å²) in [5.41, 5.74) is 7.03. The summed E-state index contributed by atoms with van der Waals surface area (Å²) >= 11 is 7.69. The number of rotatable bonds is 4. The average Bonchev–Trinajstić information content (AvgIpc) is 2.46. The molecule has 0 saturated carbocycles. The molecule has 0 aliphatic rings. The third-order valence-electron chi connectivity index (χ3n) is 2.37. The molecule has 98 valence electrons. The monoisotopic (exact) mass is 294 g/mol. The van der Waals surface area contributed by atoms with E-state index < -0.39 is 0 Å². The summed E-state index contributed by atoms with van der Waals surface area (Å²) in [5, 5.41) is 12.9. The zero-order chi connectivity index (χ0) is 13.7. The van der Waals surface area contributed by atoms with E-state index in [0.29, 0.717) is 16.3 Å². The highest BCUT2D eigenvalue weighted by molar-refractivity contribution is 7.98. The molecule has 2 rings (SSSR count). The first-order valence-corrected chi connectivity index (χ1v) is 6.72. The highest BCUT2D eigenvalue weighted by Gasteiger charge is 2.06. The van der Waals surface area contributed by atoms with Crippen molar-refractivity contribution in [2.75, 3.05) is 0 Å². The quantitative estimate of drug-likeness (QED) is 0.298. The molecule has 0 atom stereocenters. The van der Waals surface area contributed by atoms with Crippen LogP contribution in [0.3, 0.4) is 0 Å². The van der Waals surface area contributed by atoms with Gasteiger partial charge in [0.05, 0.1) is 6.20 Å². The molecule has 0 fully saturated rings. The van der Waals surface area contributed by atoms with E-state index in [2.05, 4.69) is 15.1 Å². The Morgan fingerprint density at radius 2 is 2.26 bits per heavy atom. The van der Waals surface area contributed by atoms with Crippen LogP contribution in [0.15, 0.2) is 47.0 Å². The van der Waals surface area contributed by atoms with Crippen LogP contribution in [-0.4, -0.2) is 21.0 Å². The third kappa shape index (κ3) is 3.59. The Hall–Kier alpha value is -1.79. The first-order chi connectivity index (χ1) is 9.20. The molecule has 19 heavy (non-hydrogen) atoms. The van der Waals surface area contributed by atoms with Crippen molar-refractivity contribution in [1.29, 1.82) is 0 Å². The summed E-state index contributed by atoms with van der Waals surface area (Å²) in [6.07, 6.45) is 4.97. The van der Waals surface area contributed by atoms with Crippen molar-refractivity contribution in [3.8, 4) is 0 Å². The maximum Gasteiger partial charge on any atom is 0.170 e. The fourth-order valence-electron chi connectivity index (χ4n) is 1.39. The minimum Gasteiger partial charge on any atom is -0.409 e. The molecule has 0 saturated heterocycles. The predicted octanol–water partition coefficient (Wildman–Crippen LogP) is 2.52. The molecule has 1 aromatic heterocycles. The van der Waals surface area contributed by atoms with Crippen molar-refractivity contribution < 1.29 is 5.21 Å². The number of benzene rings is 1. The molecule has 0 bridgehead atoms. The van der Waals surface area contributed by atoms with E-state index >= 15 is 0 Å². The van der Waals surface area contributed by atoms with Crippen LogP contribution in [0.4, 0.5) is 0 Å². The van der Waals surface area contributed by atoms with Gasteiger partial charge in [-0.25, -0.2) is 4.98 Å². The lowest BCUT2D eigenvalue weighted by Crippen LogP contribution is -2.12. The van der Waals surface area contributed by atoms with Gasteiger partial charge in [-0.2, -0.15) is 0 Å². The molecular weight excluding hydrogens is 284 g/mol. The fourth-order valence-corrected chi connectivity index (χ4v) is 2.55. The summed E-state index contributed by atoms with van der Waals surface area (Å²) in [6, 6.07) is 5.27. The Kier molecular flexibility index (Phi) is 4.59. The first-order valence-electron chi connectivity index (χ1n) is 5.36. The van der Waals surface area contributed by atoms with Crippen LogP contribution in [0, 0.1) is 0 Å². The van der Waals surface area contributed by atoms with Gasteiger partial charge in [0.25, 0.3) is 0 Å². The van der Waals surface area contributed by atoms with E-state index in [1.54, 1.807) is 30.7 Å². The Bertz CT molecular complexity index is 592. The number of oxime groups is 1. The minimum atomic E-state index is 0.0371. The third-order valence-corrected chi connectivity index (χ3v) is 3.69. The second-order valence-electron chi connectivity index (χ2n) is 3.62. The Morgan fingerprint density at radius 1 is 1.42 bits per heavy atom. The Morgan fingerprint density at radius 3 is 2.89 bits per heavy atom. The average molecular weight is 295 g/mol. The molecule has 1 heterocycles. The minimum absolute atomic E-state index is 0.0371. The molecule has 0 spiro atoms.